The Morgan fingerprint density at radius 2 is 2.00 bits per heavy atom. The summed E-state index contributed by atoms with van der Waals surface area (Å²) in [7, 11) is 0. The second-order valence-corrected chi connectivity index (χ2v) is 5.62. The molecule has 0 aromatic rings. The Morgan fingerprint density at radius 1 is 1.33 bits per heavy atom. The van der Waals surface area contributed by atoms with Crippen molar-refractivity contribution in [2.45, 2.75) is 47.5 Å². The van der Waals surface area contributed by atoms with Crippen LogP contribution in [0.2, 0.25) is 0 Å². The molecule has 0 N–H and O–H groups in total. The van der Waals surface area contributed by atoms with E-state index in [0.29, 0.717) is 6.42 Å². The van der Waals surface area contributed by atoms with Crippen LogP contribution in [0.25, 0.3) is 0 Å². The van der Waals surface area contributed by atoms with E-state index in [1.165, 1.54) is 0 Å². The first kappa shape index (κ1) is 16.9. The molecular formula is C16H27NO. The van der Waals surface area contributed by atoms with Gasteiger partial charge in [0.15, 0.2) is 0 Å². The molecule has 0 aromatic carbocycles. The minimum Gasteiger partial charge on any atom is -0.300 e. The number of carbonyl (C=O) groups excluding carboxylic acids is 1. The van der Waals surface area contributed by atoms with Crippen molar-refractivity contribution in [1.82, 2.24) is 4.90 Å². The third-order valence-electron chi connectivity index (χ3n) is 2.46. The zero-order valence-corrected chi connectivity index (χ0v) is 12.5. The maximum absolute atomic E-state index is 10.9. The maximum atomic E-state index is 10.9. The normalized spacial score (nSPS) is 11.7. The zero-order chi connectivity index (χ0) is 14.0. The first-order chi connectivity index (χ1) is 8.35. The van der Waals surface area contributed by atoms with Gasteiger partial charge in [-0.1, -0.05) is 24.8 Å². The molecule has 0 saturated heterocycles. The van der Waals surface area contributed by atoms with Gasteiger partial charge in [-0.15, -0.1) is 0 Å². The van der Waals surface area contributed by atoms with Crippen LogP contribution in [0.15, 0.2) is 12.2 Å². The van der Waals surface area contributed by atoms with Crippen LogP contribution in [-0.4, -0.2) is 30.3 Å². The number of Topliss-reactive ketones (excluding diaryl/α,β-unsaturated/α-hetero) is 1. The second kappa shape index (κ2) is 8.94. The summed E-state index contributed by atoms with van der Waals surface area (Å²) in [6.45, 7) is 13.0. The van der Waals surface area contributed by atoms with Crippen molar-refractivity contribution >= 4 is 5.78 Å². The van der Waals surface area contributed by atoms with E-state index in [1.54, 1.807) is 6.92 Å². The third-order valence-corrected chi connectivity index (χ3v) is 2.46. The summed E-state index contributed by atoms with van der Waals surface area (Å²) < 4.78 is 0. The number of carbonyl (C=O) groups is 1. The molecule has 0 heterocycles. The molecule has 0 spiro atoms. The lowest BCUT2D eigenvalue weighted by atomic mass is 9.98. The molecule has 0 aliphatic heterocycles. The van der Waals surface area contributed by atoms with Crippen LogP contribution in [0, 0.1) is 17.3 Å². The second-order valence-electron chi connectivity index (χ2n) is 5.62. The lowest BCUT2D eigenvalue weighted by molar-refractivity contribution is -0.117. The summed E-state index contributed by atoms with van der Waals surface area (Å²) in [6.07, 6.45) is 5.66. The summed E-state index contributed by atoms with van der Waals surface area (Å²) >= 11 is 0. The SMILES string of the molecule is CCN(C/C=C/C#CC(C)(C)C)CCCC(C)=O. The summed E-state index contributed by atoms with van der Waals surface area (Å²) in [5.74, 6) is 6.52. The molecule has 0 aromatic heterocycles. The molecular weight excluding hydrogens is 222 g/mol. The van der Waals surface area contributed by atoms with Gasteiger partial charge < -0.3 is 4.79 Å². The number of hydrogen-bond donors (Lipinski definition) is 0. The van der Waals surface area contributed by atoms with Gasteiger partial charge in [-0.25, -0.2) is 0 Å². The Kier molecular flexibility index (Phi) is 8.41. The molecule has 0 saturated carbocycles. The van der Waals surface area contributed by atoms with Gasteiger partial charge in [0, 0.05) is 18.4 Å². The Labute approximate surface area is 112 Å². The van der Waals surface area contributed by atoms with E-state index in [4.69, 9.17) is 0 Å². The van der Waals surface area contributed by atoms with Crippen molar-refractivity contribution in [2.75, 3.05) is 19.6 Å². The molecule has 18 heavy (non-hydrogen) atoms. The highest BCUT2D eigenvalue weighted by Crippen LogP contribution is 2.09. The fraction of sp³-hybridized carbons (Fsp3) is 0.688. The highest BCUT2D eigenvalue weighted by Gasteiger charge is 2.02. The number of allylic oxidation sites excluding steroid dienone is 1. The smallest absolute Gasteiger partial charge is 0.129 e. The number of ketones is 1. The van der Waals surface area contributed by atoms with E-state index < -0.39 is 0 Å². The van der Waals surface area contributed by atoms with Crippen molar-refractivity contribution in [3.8, 4) is 11.8 Å². The summed E-state index contributed by atoms with van der Waals surface area (Å²) in [4.78, 5) is 13.2. The molecule has 0 amide bonds. The minimum atomic E-state index is 0.0657. The number of rotatable bonds is 7. The fourth-order valence-electron chi connectivity index (χ4n) is 1.45. The molecule has 0 aliphatic carbocycles. The van der Waals surface area contributed by atoms with Crippen LogP contribution >= 0.6 is 0 Å². The van der Waals surface area contributed by atoms with Crippen LogP contribution in [0.1, 0.15) is 47.5 Å². The van der Waals surface area contributed by atoms with Crippen molar-refractivity contribution in [1.29, 1.82) is 0 Å². The quantitative estimate of drug-likeness (QED) is 0.645. The Hall–Kier alpha value is -1.07. The molecule has 2 heteroatoms. The van der Waals surface area contributed by atoms with Gasteiger partial charge in [0.05, 0.1) is 0 Å². The Morgan fingerprint density at radius 3 is 2.50 bits per heavy atom. The Bertz CT molecular complexity index is 325. The van der Waals surface area contributed by atoms with Gasteiger partial charge in [0.1, 0.15) is 5.78 Å². The topological polar surface area (TPSA) is 20.3 Å². The van der Waals surface area contributed by atoms with Crippen LogP contribution < -0.4 is 0 Å². The average Bonchev–Trinajstić information content (AvgIpc) is 2.24. The maximum Gasteiger partial charge on any atom is 0.129 e. The number of hydrogen-bond acceptors (Lipinski definition) is 2. The summed E-state index contributed by atoms with van der Waals surface area (Å²) in [6, 6.07) is 0. The lowest BCUT2D eigenvalue weighted by Gasteiger charge is -2.17. The van der Waals surface area contributed by atoms with Gasteiger partial charge >= 0.3 is 0 Å². The van der Waals surface area contributed by atoms with E-state index in [-0.39, 0.29) is 11.2 Å². The van der Waals surface area contributed by atoms with Gasteiger partial charge in [0.2, 0.25) is 0 Å². The molecule has 2 nitrogen and oxygen atoms in total. The minimum absolute atomic E-state index is 0.0657. The van der Waals surface area contributed by atoms with E-state index in [2.05, 4.69) is 50.5 Å². The van der Waals surface area contributed by atoms with Gasteiger partial charge in [-0.05, 0) is 53.3 Å². The van der Waals surface area contributed by atoms with Crippen molar-refractivity contribution in [3.63, 3.8) is 0 Å². The first-order valence-corrected chi connectivity index (χ1v) is 6.74. The third kappa shape index (κ3) is 11.4. The molecule has 0 bridgehead atoms. The standard InChI is InChI=1S/C16H27NO/c1-6-17(14-10-11-15(2)18)13-9-7-8-12-16(3,4)5/h7,9H,6,10-11,13-14H2,1-5H3/b9-7+. The fourth-order valence-corrected chi connectivity index (χ4v) is 1.45. The molecule has 0 fully saturated rings. The molecule has 0 atom stereocenters. The zero-order valence-electron chi connectivity index (χ0n) is 12.5. The van der Waals surface area contributed by atoms with Crippen LogP contribution in [0.3, 0.4) is 0 Å². The van der Waals surface area contributed by atoms with E-state index in [0.717, 1.165) is 26.1 Å². The van der Waals surface area contributed by atoms with E-state index in [9.17, 15) is 4.79 Å². The average molecular weight is 249 g/mol. The molecule has 0 radical (unpaired) electrons. The monoisotopic (exact) mass is 249 g/mol. The first-order valence-electron chi connectivity index (χ1n) is 6.74. The van der Waals surface area contributed by atoms with E-state index >= 15 is 0 Å². The number of likely N-dealkylation sites (N-methyl/N-ethyl adjacent to an activating group) is 1. The van der Waals surface area contributed by atoms with Crippen molar-refractivity contribution in [3.05, 3.63) is 12.2 Å². The highest BCUT2D eigenvalue weighted by atomic mass is 16.1. The number of nitrogens with zero attached hydrogens (tertiary/aromatic N) is 1. The van der Waals surface area contributed by atoms with Crippen LogP contribution in [-0.2, 0) is 4.79 Å². The lowest BCUT2D eigenvalue weighted by Crippen LogP contribution is -2.24. The van der Waals surface area contributed by atoms with Crippen molar-refractivity contribution < 1.29 is 4.79 Å². The summed E-state index contributed by atoms with van der Waals surface area (Å²) in [5.41, 5.74) is 0.0657. The van der Waals surface area contributed by atoms with Crippen molar-refractivity contribution in [2.24, 2.45) is 5.41 Å². The molecule has 0 unspecified atom stereocenters. The largest absolute Gasteiger partial charge is 0.300 e. The van der Waals surface area contributed by atoms with Gasteiger partial charge in [0.25, 0.3) is 0 Å². The molecule has 0 aliphatic rings. The van der Waals surface area contributed by atoms with Crippen LogP contribution in [0.4, 0.5) is 0 Å². The highest BCUT2D eigenvalue weighted by molar-refractivity contribution is 5.75. The molecule has 0 rings (SSSR count). The molecule has 102 valence electrons. The Balaban J connectivity index is 3.95. The predicted molar refractivity (Wildman–Crippen MR) is 78.4 cm³/mol. The van der Waals surface area contributed by atoms with Crippen LogP contribution in [0.5, 0.6) is 0 Å². The van der Waals surface area contributed by atoms with Gasteiger partial charge in [-0.2, -0.15) is 0 Å². The summed E-state index contributed by atoms with van der Waals surface area (Å²) in [5, 5.41) is 0. The van der Waals surface area contributed by atoms with E-state index in [1.807, 2.05) is 6.08 Å². The predicted octanol–water partition coefficient (Wildman–Crippen LogP) is 3.28. The van der Waals surface area contributed by atoms with Gasteiger partial charge in [-0.3, -0.25) is 4.90 Å².